The van der Waals surface area contributed by atoms with Gasteiger partial charge in [-0.3, -0.25) is 30.6 Å². The van der Waals surface area contributed by atoms with Crippen molar-refractivity contribution in [2.24, 2.45) is 0 Å². The van der Waals surface area contributed by atoms with Gasteiger partial charge in [-0.25, -0.2) is 4.79 Å². The van der Waals surface area contributed by atoms with Gasteiger partial charge in [0.15, 0.2) is 12.7 Å². The van der Waals surface area contributed by atoms with Crippen LogP contribution in [0, 0.1) is 10.1 Å². The highest BCUT2D eigenvalue weighted by atomic mass is 16.6. The zero-order chi connectivity index (χ0) is 22.8. The summed E-state index contributed by atoms with van der Waals surface area (Å²) < 4.78 is 15.5. The van der Waals surface area contributed by atoms with Crippen LogP contribution in [-0.4, -0.2) is 42.0 Å². The Morgan fingerprint density at radius 2 is 1.61 bits per heavy atom. The number of amides is 2. The zero-order valence-electron chi connectivity index (χ0n) is 16.8. The fourth-order valence-corrected chi connectivity index (χ4v) is 2.22. The predicted molar refractivity (Wildman–Crippen MR) is 107 cm³/mol. The van der Waals surface area contributed by atoms with Crippen LogP contribution in [0.5, 0.6) is 11.5 Å². The van der Waals surface area contributed by atoms with Crippen LogP contribution in [0.2, 0.25) is 0 Å². The summed E-state index contributed by atoms with van der Waals surface area (Å²) in [6.45, 7) is 3.04. The Labute approximate surface area is 177 Å². The van der Waals surface area contributed by atoms with E-state index in [1.54, 1.807) is 6.92 Å². The number of non-ortho nitro benzene ring substituents is 1. The van der Waals surface area contributed by atoms with E-state index in [9.17, 15) is 24.5 Å². The van der Waals surface area contributed by atoms with Crippen LogP contribution in [-0.2, 0) is 14.3 Å². The molecular weight excluding hydrogens is 410 g/mol. The number of nitro groups is 1. The molecule has 1 atom stereocenters. The van der Waals surface area contributed by atoms with Crippen LogP contribution < -0.4 is 20.3 Å². The van der Waals surface area contributed by atoms with Crippen molar-refractivity contribution in [1.29, 1.82) is 0 Å². The van der Waals surface area contributed by atoms with E-state index < -0.39 is 28.8 Å². The van der Waals surface area contributed by atoms with Crippen molar-refractivity contribution < 1.29 is 33.5 Å². The molecule has 0 aliphatic heterocycles. The van der Waals surface area contributed by atoms with Gasteiger partial charge >= 0.3 is 5.97 Å². The van der Waals surface area contributed by atoms with Crippen LogP contribution in [0.3, 0.4) is 0 Å². The molecule has 0 saturated heterocycles. The summed E-state index contributed by atoms with van der Waals surface area (Å²) in [5.74, 6) is -1.10. The van der Waals surface area contributed by atoms with Gasteiger partial charge in [-0.15, -0.1) is 0 Å². The molecule has 0 aromatic heterocycles. The first kappa shape index (κ1) is 23.1. The van der Waals surface area contributed by atoms with Gasteiger partial charge in [-0.05, 0) is 50.2 Å². The van der Waals surface area contributed by atoms with Crippen molar-refractivity contribution in [1.82, 2.24) is 10.9 Å². The fourth-order valence-electron chi connectivity index (χ4n) is 2.22. The standard InChI is InChI=1S/C20H21N3O8/c1-3-29-20(26)14-4-8-16(9-5-14)30-12-18(24)21-22-19(25)13(2)31-17-10-6-15(7-11-17)23(27)28/h4-11,13H,3,12H2,1-2H3,(H,21,24)(H,22,25). The lowest BCUT2D eigenvalue weighted by molar-refractivity contribution is -0.384. The highest BCUT2D eigenvalue weighted by molar-refractivity contribution is 5.89. The summed E-state index contributed by atoms with van der Waals surface area (Å²) in [4.78, 5) is 45.5. The minimum absolute atomic E-state index is 0.104. The third-order valence-electron chi connectivity index (χ3n) is 3.79. The number of carbonyl (C=O) groups excluding carboxylic acids is 3. The lowest BCUT2D eigenvalue weighted by atomic mass is 10.2. The highest BCUT2D eigenvalue weighted by Gasteiger charge is 2.16. The number of nitro benzene ring substituents is 1. The number of ether oxygens (including phenoxy) is 3. The summed E-state index contributed by atoms with van der Waals surface area (Å²) in [6.07, 6.45) is -0.974. The Morgan fingerprint density at radius 1 is 1.00 bits per heavy atom. The molecule has 2 aromatic carbocycles. The maximum absolute atomic E-state index is 12.0. The summed E-state index contributed by atoms with van der Waals surface area (Å²) in [6, 6.07) is 11.3. The number of nitrogens with zero attached hydrogens (tertiary/aromatic N) is 1. The normalized spacial score (nSPS) is 11.0. The second-order valence-corrected chi connectivity index (χ2v) is 6.08. The van der Waals surface area contributed by atoms with Crippen molar-refractivity contribution in [3.63, 3.8) is 0 Å². The molecule has 0 aliphatic carbocycles. The maximum Gasteiger partial charge on any atom is 0.338 e. The first-order chi connectivity index (χ1) is 14.8. The zero-order valence-corrected chi connectivity index (χ0v) is 16.8. The minimum atomic E-state index is -0.974. The Bertz CT molecular complexity index is 928. The number of rotatable bonds is 9. The maximum atomic E-state index is 12.0. The number of carbonyl (C=O) groups is 3. The third kappa shape index (κ3) is 7.31. The van der Waals surface area contributed by atoms with E-state index in [0.717, 1.165) is 0 Å². The van der Waals surface area contributed by atoms with Crippen LogP contribution >= 0.6 is 0 Å². The van der Waals surface area contributed by atoms with Crippen molar-refractivity contribution in [2.75, 3.05) is 13.2 Å². The first-order valence-electron chi connectivity index (χ1n) is 9.20. The van der Waals surface area contributed by atoms with Gasteiger partial charge in [-0.1, -0.05) is 0 Å². The molecule has 0 spiro atoms. The summed E-state index contributed by atoms with van der Waals surface area (Å²) in [7, 11) is 0. The summed E-state index contributed by atoms with van der Waals surface area (Å²) in [5, 5.41) is 10.6. The van der Waals surface area contributed by atoms with Gasteiger partial charge in [0.25, 0.3) is 17.5 Å². The van der Waals surface area contributed by atoms with Crippen molar-refractivity contribution in [3.05, 3.63) is 64.2 Å². The Morgan fingerprint density at radius 3 is 2.19 bits per heavy atom. The number of nitrogens with one attached hydrogen (secondary N) is 2. The van der Waals surface area contributed by atoms with Gasteiger partial charge < -0.3 is 14.2 Å². The highest BCUT2D eigenvalue weighted by Crippen LogP contribution is 2.18. The molecule has 164 valence electrons. The van der Waals surface area contributed by atoms with Crippen LogP contribution in [0.15, 0.2) is 48.5 Å². The molecule has 0 bridgehead atoms. The molecule has 31 heavy (non-hydrogen) atoms. The second kappa shape index (κ2) is 11.1. The molecule has 2 rings (SSSR count). The summed E-state index contributed by atoms with van der Waals surface area (Å²) >= 11 is 0. The Balaban J connectivity index is 1.74. The molecule has 1 unspecified atom stereocenters. The molecule has 2 aromatic rings. The molecular formula is C20H21N3O8. The van der Waals surface area contributed by atoms with E-state index >= 15 is 0 Å². The lowest BCUT2D eigenvalue weighted by Crippen LogP contribution is -2.48. The van der Waals surface area contributed by atoms with E-state index in [1.165, 1.54) is 55.5 Å². The number of hydrazine groups is 1. The third-order valence-corrected chi connectivity index (χ3v) is 3.79. The van der Waals surface area contributed by atoms with E-state index in [2.05, 4.69) is 10.9 Å². The number of hydrogen-bond acceptors (Lipinski definition) is 8. The number of esters is 1. The fraction of sp³-hybridized carbons (Fsp3) is 0.250. The van der Waals surface area contributed by atoms with Crippen molar-refractivity contribution in [3.8, 4) is 11.5 Å². The SMILES string of the molecule is CCOC(=O)c1ccc(OCC(=O)NNC(=O)C(C)Oc2ccc([N+](=O)[O-])cc2)cc1. The molecule has 2 N–H and O–H groups in total. The van der Waals surface area contributed by atoms with E-state index in [4.69, 9.17) is 14.2 Å². The smallest absolute Gasteiger partial charge is 0.338 e. The van der Waals surface area contributed by atoms with E-state index in [0.29, 0.717) is 11.3 Å². The number of benzene rings is 2. The van der Waals surface area contributed by atoms with Crippen LogP contribution in [0.25, 0.3) is 0 Å². The van der Waals surface area contributed by atoms with Crippen LogP contribution in [0.4, 0.5) is 5.69 Å². The minimum Gasteiger partial charge on any atom is -0.484 e. The van der Waals surface area contributed by atoms with Gasteiger partial charge in [0.2, 0.25) is 0 Å². The van der Waals surface area contributed by atoms with E-state index in [1.807, 2.05) is 0 Å². The Hall–Kier alpha value is -4.15. The van der Waals surface area contributed by atoms with Gasteiger partial charge in [0.05, 0.1) is 17.1 Å². The second-order valence-electron chi connectivity index (χ2n) is 6.08. The van der Waals surface area contributed by atoms with E-state index in [-0.39, 0.29) is 24.7 Å². The van der Waals surface area contributed by atoms with Gasteiger partial charge in [-0.2, -0.15) is 0 Å². The van der Waals surface area contributed by atoms with Gasteiger partial charge in [0, 0.05) is 12.1 Å². The van der Waals surface area contributed by atoms with Crippen molar-refractivity contribution in [2.45, 2.75) is 20.0 Å². The number of hydrogen-bond donors (Lipinski definition) is 2. The molecule has 0 fully saturated rings. The predicted octanol–water partition coefficient (Wildman–Crippen LogP) is 1.77. The average Bonchev–Trinajstić information content (AvgIpc) is 2.76. The molecule has 0 aliphatic rings. The summed E-state index contributed by atoms with van der Waals surface area (Å²) in [5.41, 5.74) is 4.63. The molecule has 0 radical (unpaired) electrons. The average molecular weight is 431 g/mol. The molecule has 0 saturated carbocycles. The molecule has 2 amide bonds. The first-order valence-corrected chi connectivity index (χ1v) is 9.20. The quantitative estimate of drug-likeness (QED) is 0.347. The van der Waals surface area contributed by atoms with Gasteiger partial charge in [0.1, 0.15) is 11.5 Å². The lowest BCUT2D eigenvalue weighted by Gasteiger charge is -2.15. The molecule has 11 heteroatoms. The topological polar surface area (TPSA) is 146 Å². The Kier molecular flexibility index (Phi) is 8.31. The molecule has 11 nitrogen and oxygen atoms in total. The molecule has 0 heterocycles. The van der Waals surface area contributed by atoms with Crippen molar-refractivity contribution >= 4 is 23.5 Å². The largest absolute Gasteiger partial charge is 0.484 e. The monoisotopic (exact) mass is 431 g/mol. The van der Waals surface area contributed by atoms with Crippen LogP contribution in [0.1, 0.15) is 24.2 Å².